The summed E-state index contributed by atoms with van der Waals surface area (Å²) in [4.78, 5) is 10.2. The van der Waals surface area contributed by atoms with Crippen molar-refractivity contribution in [2.75, 3.05) is 18.1 Å². The third-order valence-electron chi connectivity index (χ3n) is 2.10. The second-order valence-electron chi connectivity index (χ2n) is 3.39. The molecule has 2 atom stereocenters. The van der Waals surface area contributed by atoms with Crippen molar-refractivity contribution in [3.05, 3.63) is 0 Å². The number of hydrogen-bond acceptors (Lipinski definition) is 4. The lowest BCUT2D eigenvalue weighted by atomic mass is 10.1. The van der Waals surface area contributed by atoms with E-state index < -0.39 is 5.97 Å². The fourth-order valence-electron chi connectivity index (χ4n) is 1.35. The molecule has 0 bridgehead atoms. The van der Waals surface area contributed by atoms with Crippen molar-refractivity contribution in [2.24, 2.45) is 0 Å². The summed E-state index contributed by atoms with van der Waals surface area (Å²) >= 11 is 1.57. The van der Waals surface area contributed by atoms with Crippen LogP contribution in [0.25, 0.3) is 0 Å². The van der Waals surface area contributed by atoms with E-state index in [4.69, 9.17) is 9.84 Å². The second-order valence-corrected chi connectivity index (χ2v) is 4.54. The van der Waals surface area contributed by atoms with Gasteiger partial charge >= 0.3 is 5.97 Å². The number of aliphatic carboxylic acids is 1. The van der Waals surface area contributed by atoms with Crippen LogP contribution >= 0.6 is 11.8 Å². The minimum Gasteiger partial charge on any atom is -0.481 e. The molecule has 14 heavy (non-hydrogen) atoms. The Morgan fingerprint density at radius 1 is 1.57 bits per heavy atom. The molecule has 1 heterocycles. The summed E-state index contributed by atoms with van der Waals surface area (Å²) in [5.74, 6) is 0.636. The molecule has 0 aromatic carbocycles. The monoisotopic (exact) mass is 220 g/mol. The van der Waals surface area contributed by atoms with Crippen LogP contribution in [0.5, 0.6) is 0 Å². The van der Waals surface area contributed by atoms with Gasteiger partial charge in [-0.3, -0.25) is 4.79 Å². The number of rotatable bonds is 5. The van der Waals surface area contributed by atoms with Gasteiger partial charge in [-0.1, -0.05) is 0 Å². The SMILES string of the molecule is O=C(O)CCSC[C@@H]1C[C@H](O)CCO1. The summed E-state index contributed by atoms with van der Waals surface area (Å²) in [7, 11) is 0. The van der Waals surface area contributed by atoms with Gasteiger partial charge in [0.1, 0.15) is 0 Å². The largest absolute Gasteiger partial charge is 0.481 e. The average molecular weight is 220 g/mol. The molecule has 1 saturated heterocycles. The number of carbonyl (C=O) groups is 1. The van der Waals surface area contributed by atoms with E-state index in [9.17, 15) is 9.90 Å². The summed E-state index contributed by atoms with van der Waals surface area (Å²) in [5, 5.41) is 17.7. The number of hydrogen-bond donors (Lipinski definition) is 2. The molecule has 5 heteroatoms. The van der Waals surface area contributed by atoms with Crippen LogP contribution in [0.15, 0.2) is 0 Å². The molecule has 0 aliphatic carbocycles. The Bertz CT molecular complexity index is 186. The van der Waals surface area contributed by atoms with Gasteiger partial charge in [-0.15, -0.1) is 0 Å². The van der Waals surface area contributed by atoms with E-state index >= 15 is 0 Å². The van der Waals surface area contributed by atoms with Gasteiger partial charge in [0, 0.05) is 24.5 Å². The van der Waals surface area contributed by atoms with Crippen LogP contribution in [0.1, 0.15) is 19.3 Å². The number of carboxylic acids is 1. The molecular weight excluding hydrogens is 204 g/mol. The Morgan fingerprint density at radius 3 is 3.00 bits per heavy atom. The van der Waals surface area contributed by atoms with Crippen LogP contribution < -0.4 is 0 Å². The summed E-state index contributed by atoms with van der Waals surface area (Å²) in [5.41, 5.74) is 0. The molecule has 0 amide bonds. The number of aliphatic hydroxyl groups is 1. The Labute approximate surface area is 87.6 Å². The van der Waals surface area contributed by atoms with Gasteiger partial charge in [0.2, 0.25) is 0 Å². The highest BCUT2D eigenvalue weighted by Crippen LogP contribution is 2.18. The van der Waals surface area contributed by atoms with E-state index in [0.717, 1.165) is 12.2 Å². The van der Waals surface area contributed by atoms with Crippen LogP contribution in [0.4, 0.5) is 0 Å². The highest BCUT2D eigenvalue weighted by Gasteiger charge is 2.20. The highest BCUT2D eigenvalue weighted by atomic mass is 32.2. The fraction of sp³-hybridized carbons (Fsp3) is 0.889. The van der Waals surface area contributed by atoms with Crippen LogP contribution in [-0.2, 0) is 9.53 Å². The maximum atomic E-state index is 10.2. The molecule has 1 aliphatic rings. The maximum Gasteiger partial charge on any atom is 0.304 e. The molecule has 1 fully saturated rings. The molecule has 0 spiro atoms. The Hall–Kier alpha value is -0.260. The Kier molecular flexibility index (Phi) is 5.29. The van der Waals surface area contributed by atoms with E-state index in [0.29, 0.717) is 18.8 Å². The minimum atomic E-state index is -0.762. The first-order valence-corrected chi connectivity index (χ1v) is 5.93. The number of carboxylic acid groups (broad SMARTS) is 1. The standard InChI is InChI=1S/C9H16O4S/c10-7-1-3-13-8(5-7)6-14-4-2-9(11)12/h7-8,10H,1-6H2,(H,11,12)/t7-,8+/m1/s1. The average Bonchev–Trinajstić information content (AvgIpc) is 2.12. The third kappa shape index (κ3) is 4.83. The van der Waals surface area contributed by atoms with Gasteiger partial charge in [0.05, 0.1) is 18.6 Å². The molecule has 1 aliphatic heterocycles. The highest BCUT2D eigenvalue weighted by molar-refractivity contribution is 7.99. The topological polar surface area (TPSA) is 66.8 Å². The summed E-state index contributed by atoms with van der Waals surface area (Å²) < 4.78 is 5.43. The zero-order valence-corrected chi connectivity index (χ0v) is 8.83. The summed E-state index contributed by atoms with van der Waals surface area (Å²) in [6, 6.07) is 0. The molecule has 0 saturated carbocycles. The van der Waals surface area contributed by atoms with Crippen molar-refractivity contribution >= 4 is 17.7 Å². The normalized spacial score (nSPS) is 27.5. The molecule has 0 radical (unpaired) electrons. The van der Waals surface area contributed by atoms with Crippen LogP contribution in [0.3, 0.4) is 0 Å². The molecule has 0 aromatic heterocycles. The lowest BCUT2D eigenvalue weighted by molar-refractivity contribution is -0.136. The van der Waals surface area contributed by atoms with E-state index in [1.165, 1.54) is 0 Å². The van der Waals surface area contributed by atoms with E-state index in [2.05, 4.69) is 0 Å². The third-order valence-corrected chi connectivity index (χ3v) is 3.20. The molecule has 0 unspecified atom stereocenters. The lowest BCUT2D eigenvalue weighted by Crippen LogP contribution is -2.30. The quantitative estimate of drug-likeness (QED) is 0.669. The molecular formula is C9H16O4S. The van der Waals surface area contributed by atoms with Crippen LogP contribution in [-0.4, -0.2) is 46.5 Å². The van der Waals surface area contributed by atoms with Crippen molar-refractivity contribution in [3.8, 4) is 0 Å². The van der Waals surface area contributed by atoms with Gasteiger partial charge in [-0.05, 0) is 6.42 Å². The van der Waals surface area contributed by atoms with E-state index in [-0.39, 0.29) is 18.6 Å². The predicted molar refractivity (Wildman–Crippen MR) is 54.6 cm³/mol. The number of thioether (sulfide) groups is 1. The van der Waals surface area contributed by atoms with Crippen molar-refractivity contribution in [1.82, 2.24) is 0 Å². The van der Waals surface area contributed by atoms with Gasteiger partial charge < -0.3 is 14.9 Å². The zero-order valence-electron chi connectivity index (χ0n) is 8.02. The molecule has 82 valence electrons. The van der Waals surface area contributed by atoms with Gasteiger partial charge in [0.15, 0.2) is 0 Å². The predicted octanol–water partition coefficient (Wildman–Crippen LogP) is 0.734. The molecule has 1 rings (SSSR count). The van der Waals surface area contributed by atoms with E-state index in [1.54, 1.807) is 11.8 Å². The summed E-state index contributed by atoms with van der Waals surface area (Å²) in [6.07, 6.45) is 1.45. The maximum absolute atomic E-state index is 10.2. The van der Waals surface area contributed by atoms with Crippen molar-refractivity contribution in [2.45, 2.75) is 31.5 Å². The Balaban J connectivity index is 2.03. The van der Waals surface area contributed by atoms with Gasteiger partial charge in [-0.2, -0.15) is 11.8 Å². The second kappa shape index (κ2) is 6.27. The minimum absolute atomic E-state index is 0.0949. The summed E-state index contributed by atoms with van der Waals surface area (Å²) in [6.45, 7) is 0.616. The number of ether oxygens (including phenoxy) is 1. The molecule has 0 aromatic rings. The smallest absolute Gasteiger partial charge is 0.304 e. The molecule has 4 nitrogen and oxygen atoms in total. The zero-order chi connectivity index (χ0) is 10.4. The van der Waals surface area contributed by atoms with Gasteiger partial charge in [0.25, 0.3) is 0 Å². The van der Waals surface area contributed by atoms with Crippen LogP contribution in [0, 0.1) is 0 Å². The van der Waals surface area contributed by atoms with Crippen LogP contribution in [0.2, 0.25) is 0 Å². The van der Waals surface area contributed by atoms with Crippen molar-refractivity contribution in [3.63, 3.8) is 0 Å². The lowest BCUT2D eigenvalue weighted by Gasteiger charge is -2.26. The van der Waals surface area contributed by atoms with E-state index in [1.807, 2.05) is 0 Å². The van der Waals surface area contributed by atoms with Crippen molar-refractivity contribution in [1.29, 1.82) is 0 Å². The Morgan fingerprint density at radius 2 is 2.36 bits per heavy atom. The molecule has 2 N–H and O–H groups in total. The number of aliphatic hydroxyl groups excluding tert-OH is 1. The van der Waals surface area contributed by atoms with Gasteiger partial charge in [-0.25, -0.2) is 0 Å². The first kappa shape index (κ1) is 11.8. The van der Waals surface area contributed by atoms with Crippen molar-refractivity contribution < 1.29 is 19.7 Å². The fourth-order valence-corrected chi connectivity index (χ4v) is 2.33. The first-order valence-electron chi connectivity index (χ1n) is 4.77. The first-order chi connectivity index (χ1) is 6.68.